The number of esters is 2. The quantitative estimate of drug-likeness (QED) is 0.0218. The highest BCUT2D eigenvalue weighted by Gasteiger charge is 2.13. The van der Waals surface area contributed by atoms with Crippen LogP contribution in [-0.4, -0.2) is 38.7 Å². The molecule has 9 heteroatoms. The fraction of sp³-hybridized carbons (Fsp3) is 0.282. The molecule has 48 heavy (non-hydrogen) atoms. The Labute approximate surface area is 281 Å². The number of rotatable bonds is 21. The summed E-state index contributed by atoms with van der Waals surface area (Å²) in [6, 6.07) is 23.1. The number of carbonyl (C=O) groups excluding carboxylic acids is 2. The summed E-state index contributed by atoms with van der Waals surface area (Å²) in [5, 5.41) is 1.62. The van der Waals surface area contributed by atoms with Gasteiger partial charge in [0.25, 0.3) is 0 Å². The lowest BCUT2D eigenvalue weighted by molar-refractivity contribution is -0.128. The smallest absolute Gasteiger partial charge is 0.343 e. The molecule has 4 rings (SSSR count). The highest BCUT2D eigenvalue weighted by atomic mass is 16.7. The fourth-order valence-electron chi connectivity index (χ4n) is 4.76. The topological polar surface area (TPSA) is 98.8 Å². The van der Waals surface area contributed by atoms with Crippen molar-refractivity contribution in [1.82, 2.24) is 0 Å². The molecular formula is C39H42O9. The first-order chi connectivity index (χ1) is 23.5. The van der Waals surface area contributed by atoms with Crippen molar-refractivity contribution in [2.45, 2.75) is 45.4 Å². The number of unbranched alkanes of at least 4 members (excludes halogenated alkanes) is 3. The van der Waals surface area contributed by atoms with Gasteiger partial charge in [-0.2, -0.15) is 0 Å². The van der Waals surface area contributed by atoms with E-state index in [0.717, 1.165) is 66.7 Å². The van der Waals surface area contributed by atoms with E-state index in [4.69, 9.17) is 33.2 Å². The van der Waals surface area contributed by atoms with Crippen molar-refractivity contribution in [2.24, 2.45) is 0 Å². The molecule has 0 aliphatic heterocycles. The first-order valence-corrected chi connectivity index (χ1v) is 16.0. The maximum absolute atomic E-state index is 13.0. The van der Waals surface area contributed by atoms with Crippen molar-refractivity contribution in [3.8, 4) is 28.7 Å². The van der Waals surface area contributed by atoms with Crippen molar-refractivity contribution in [2.75, 3.05) is 26.8 Å². The summed E-state index contributed by atoms with van der Waals surface area (Å²) >= 11 is 0. The van der Waals surface area contributed by atoms with E-state index in [0.29, 0.717) is 41.8 Å². The van der Waals surface area contributed by atoms with E-state index in [1.54, 1.807) is 48.5 Å². The van der Waals surface area contributed by atoms with Crippen LogP contribution in [0.15, 0.2) is 104 Å². The molecule has 0 unspecified atom stereocenters. The largest absolute Gasteiger partial charge is 0.494 e. The zero-order valence-electron chi connectivity index (χ0n) is 27.3. The molecule has 0 saturated carbocycles. The number of hydrogen-bond acceptors (Lipinski definition) is 9. The monoisotopic (exact) mass is 654 g/mol. The average molecular weight is 655 g/mol. The van der Waals surface area contributed by atoms with E-state index in [9.17, 15) is 9.59 Å². The predicted molar refractivity (Wildman–Crippen MR) is 184 cm³/mol. The molecule has 0 aliphatic rings. The Kier molecular flexibility index (Phi) is 14.4. The second-order valence-corrected chi connectivity index (χ2v) is 10.8. The van der Waals surface area contributed by atoms with Gasteiger partial charge in [-0.25, -0.2) is 9.59 Å². The minimum atomic E-state index is -0.537. The van der Waals surface area contributed by atoms with Crippen molar-refractivity contribution in [1.29, 1.82) is 0 Å². The van der Waals surface area contributed by atoms with Gasteiger partial charge in [-0.15, -0.1) is 0 Å². The molecule has 0 N–H and O–H groups in total. The van der Waals surface area contributed by atoms with E-state index in [1.165, 1.54) is 6.26 Å². The lowest BCUT2D eigenvalue weighted by Crippen LogP contribution is -2.10. The first kappa shape index (κ1) is 35.6. The summed E-state index contributed by atoms with van der Waals surface area (Å²) in [6.07, 6.45) is 8.19. The standard InChI is InChI=1S/C39H42O9/c1-4-11-31-26-36(48-39(41)32-13-12-30-25-35(47-38(40)5-2)15-14-29(30)24-32)20-21-37(31)46-28-45-34-18-16-33(17-19-34)44-23-10-8-7-9-22-43-27-42-6-3/h5-6,12-21,24-26H,2-4,7-11,22-23,27-28H2,1H3. The van der Waals surface area contributed by atoms with Crippen LogP contribution in [0.1, 0.15) is 54.9 Å². The van der Waals surface area contributed by atoms with Crippen LogP contribution in [0, 0.1) is 0 Å². The molecule has 0 heterocycles. The van der Waals surface area contributed by atoms with E-state index in [-0.39, 0.29) is 13.6 Å². The lowest BCUT2D eigenvalue weighted by atomic mass is 10.1. The molecule has 0 aromatic heterocycles. The van der Waals surface area contributed by atoms with Gasteiger partial charge in [-0.05, 0) is 109 Å². The Morgan fingerprint density at radius 2 is 1.33 bits per heavy atom. The summed E-state index contributed by atoms with van der Waals surface area (Å²) in [5.41, 5.74) is 1.30. The zero-order valence-corrected chi connectivity index (χ0v) is 27.3. The maximum atomic E-state index is 13.0. The van der Waals surface area contributed by atoms with Crippen LogP contribution in [0.2, 0.25) is 0 Å². The third kappa shape index (κ3) is 11.5. The molecule has 0 aliphatic carbocycles. The Morgan fingerprint density at radius 1 is 0.667 bits per heavy atom. The Hall–Kier alpha value is -5.28. The van der Waals surface area contributed by atoms with Gasteiger partial charge in [0.05, 0.1) is 25.0 Å². The summed E-state index contributed by atoms with van der Waals surface area (Å²) < 4.78 is 38.7. The van der Waals surface area contributed by atoms with Crippen LogP contribution >= 0.6 is 0 Å². The van der Waals surface area contributed by atoms with Crippen LogP contribution in [0.5, 0.6) is 28.7 Å². The zero-order chi connectivity index (χ0) is 34.0. The maximum Gasteiger partial charge on any atom is 0.343 e. The lowest BCUT2D eigenvalue weighted by Gasteiger charge is -2.14. The minimum Gasteiger partial charge on any atom is -0.494 e. The van der Waals surface area contributed by atoms with Crippen LogP contribution < -0.4 is 23.7 Å². The van der Waals surface area contributed by atoms with Crippen LogP contribution in [0.3, 0.4) is 0 Å². The van der Waals surface area contributed by atoms with Gasteiger partial charge in [0, 0.05) is 6.08 Å². The summed E-state index contributed by atoms with van der Waals surface area (Å²) in [4.78, 5) is 24.5. The molecule has 0 saturated heterocycles. The van der Waals surface area contributed by atoms with Crippen molar-refractivity contribution < 1.29 is 42.7 Å². The predicted octanol–water partition coefficient (Wildman–Crippen LogP) is 8.59. The molecular weight excluding hydrogens is 612 g/mol. The molecule has 0 amide bonds. The van der Waals surface area contributed by atoms with Crippen molar-refractivity contribution in [3.05, 3.63) is 115 Å². The van der Waals surface area contributed by atoms with Gasteiger partial charge >= 0.3 is 11.9 Å². The molecule has 0 bridgehead atoms. The summed E-state index contributed by atoms with van der Waals surface area (Å²) in [6.45, 7) is 10.5. The number of ether oxygens (including phenoxy) is 7. The van der Waals surface area contributed by atoms with E-state index >= 15 is 0 Å². The molecule has 252 valence electrons. The molecule has 4 aromatic rings. The van der Waals surface area contributed by atoms with Gasteiger partial charge in [0.1, 0.15) is 28.7 Å². The summed E-state index contributed by atoms with van der Waals surface area (Å²) in [5.74, 6) is 1.90. The van der Waals surface area contributed by atoms with E-state index in [1.807, 2.05) is 30.3 Å². The third-order valence-electron chi connectivity index (χ3n) is 7.18. The Balaban J connectivity index is 1.22. The van der Waals surface area contributed by atoms with E-state index < -0.39 is 11.9 Å². The van der Waals surface area contributed by atoms with Gasteiger partial charge in [0.2, 0.25) is 6.79 Å². The SMILES string of the molecule is C=COCOCCCCCCOc1ccc(OCOc2ccc(OC(=O)c3ccc4cc(OC(=O)C=C)ccc4c3)cc2CCC)cc1. The second-order valence-electron chi connectivity index (χ2n) is 10.8. The van der Waals surface area contributed by atoms with Crippen molar-refractivity contribution >= 4 is 22.7 Å². The molecule has 0 atom stereocenters. The highest BCUT2D eigenvalue weighted by Crippen LogP contribution is 2.28. The molecule has 0 radical (unpaired) electrons. The Bertz CT molecular complexity index is 1650. The number of benzene rings is 4. The minimum absolute atomic E-state index is 0.0189. The molecule has 9 nitrogen and oxygen atoms in total. The molecule has 0 spiro atoms. The van der Waals surface area contributed by atoms with Crippen LogP contribution in [0.25, 0.3) is 10.8 Å². The normalized spacial score (nSPS) is 10.6. The second kappa shape index (κ2) is 19.4. The third-order valence-corrected chi connectivity index (χ3v) is 7.18. The van der Waals surface area contributed by atoms with Gasteiger partial charge < -0.3 is 33.2 Å². The van der Waals surface area contributed by atoms with Gasteiger partial charge in [-0.3, -0.25) is 0 Å². The highest BCUT2D eigenvalue weighted by molar-refractivity contribution is 5.97. The molecule has 0 fully saturated rings. The van der Waals surface area contributed by atoms with Gasteiger partial charge in [0.15, 0.2) is 6.79 Å². The first-order valence-electron chi connectivity index (χ1n) is 16.0. The number of aryl methyl sites for hydroxylation is 1. The average Bonchev–Trinajstić information content (AvgIpc) is 3.10. The molecule has 4 aromatic carbocycles. The Morgan fingerprint density at radius 3 is 2.08 bits per heavy atom. The van der Waals surface area contributed by atoms with Crippen LogP contribution in [-0.2, 0) is 20.7 Å². The number of fused-ring (bicyclic) bond motifs is 1. The van der Waals surface area contributed by atoms with Crippen molar-refractivity contribution in [3.63, 3.8) is 0 Å². The number of hydrogen-bond donors (Lipinski definition) is 0. The van der Waals surface area contributed by atoms with E-state index in [2.05, 4.69) is 20.1 Å². The van der Waals surface area contributed by atoms with Gasteiger partial charge in [-0.1, -0.05) is 45.1 Å². The summed E-state index contributed by atoms with van der Waals surface area (Å²) in [7, 11) is 0. The number of carbonyl (C=O) groups is 2. The van der Waals surface area contributed by atoms with Crippen LogP contribution in [0.4, 0.5) is 0 Å². The fourth-order valence-corrected chi connectivity index (χ4v) is 4.76.